The Hall–Kier alpha value is -1.39. The quantitative estimate of drug-likeness (QED) is 0.851. The van der Waals surface area contributed by atoms with Crippen LogP contribution in [0.3, 0.4) is 0 Å². The first kappa shape index (κ1) is 14.0. The van der Waals surface area contributed by atoms with Crippen LogP contribution in [-0.4, -0.2) is 40.6 Å². The van der Waals surface area contributed by atoms with E-state index in [9.17, 15) is 9.90 Å². The van der Waals surface area contributed by atoms with Crippen molar-refractivity contribution in [2.24, 2.45) is 5.73 Å². The molecule has 0 radical (unpaired) electrons. The molecule has 1 saturated heterocycles. The van der Waals surface area contributed by atoms with Gasteiger partial charge in [0.05, 0.1) is 11.6 Å². The molecule has 4 nitrogen and oxygen atoms in total. The lowest BCUT2D eigenvalue weighted by Crippen LogP contribution is -2.51. The minimum atomic E-state index is -0.639. The van der Waals surface area contributed by atoms with Gasteiger partial charge in [-0.3, -0.25) is 4.79 Å². The van der Waals surface area contributed by atoms with E-state index >= 15 is 0 Å². The van der Waals surface area contributed by atoms with E-state index in [4.69, 9.17) is 5.73 Å². The molecule has 2 rings (SSSR count). The van der Waals surface area contributed by atoms with E-state index in [0.29, 0.717) is 32.4 Å². The average Bonchev–Trinajstić information content (AvgIpc) is 2.39. The number of carbonyl (C=O) groups excluding carboxylic acids is 1. The molecule has 0 aromatic heterocycles. The van der Waals surface area contributed by atoms with Gasteiger partial charge in [-0.1, -0.05) is 30.3 Å². The largest absolute Gasteiger partial charge is 0.390 e. The van der Waals surface area contributed by atoms with Gasteiger partial charge in [-0.15, -0.1) is 0 Å². The molecule has 1 atom stereocenters. The number of likely N-dealkylation sites (tertiary alicyclic amines) is 1. The highest BCUT2D eigenvalue weighted by Gasteiger charge is 2.31. The van der Waals surface area contributed by atoms with Gasteiger partial charge in [0, 0.05) is 13.1 Å². The second kappa shape index (κ2) is 5.72. The molecule has 0 unspecified atom stereocenters. The molecule has 104 valence electrons. The summed E-state index contributed by atoms with van der Waals surface area (Å²) in [5.41, 5.74) is 6.43. The van der Waals surface area contributed by atoms with E-state index in [1.54, 1.807) is 4.90 Å². The van der Waals surface area contributed by atoms with E-state index < -0.39 is 11.6 Å². The zero-order valence-electron chi connectivity index (χ0n) is 11.4. The Labute approximate surface area is 114 Å². The van der Waals surface area contributed by atoms with Gasteiger partial charge in [0.25, 0.3) is 0 Å². The predicted molar refractivity (Wildman–Crippen MR) is 74.6 cm³/mol. The summed E-state index contributed by atoms with van der Waals surface area (Å²) in [6.07, 6.45) is 1.81. The molecule has 0 bridgehead atoms. The number of carbonyl (C=O) groups is 1. The Bertz CT molecular complexity index is 421. The maximum atomic E-state index is 12.2. The van der Waals surface area contributed by atoms with Crippen molar-refractivity contribution < 1.29 is 9.90 Å². The summed E-state index contributed by atoms with van der Waals surface area (Å²) in [6.45, 7) is 3.00. The van der Waals surface area contributed by atoms with Gasteiger partial charge in [0.15, 0.2) is 0 Å². The summed E-state index contributed by atoms with van der Waals surface area (Å²) >= 11 is 0. The standard InChI is InChI=1S/C15H22N2O2/c1-15(19)7-9-17(10-8-15)14(18)13(16)11-12-5-3-2-4-6-12/h2-6,13,19H,7-11,16H2,1H3/t13-/m1/s1. The molecule has 1 aromatic carbocycles. The van der Waals surface area contributed by atoms with Crippen LogP contribution in [0.4, 0.5) is 0 Å². The second-order valence-electron chi connectivity index (χ2n) is 5.62. The van der Waals surface area contributed by atoms with Gasteiger partial charge >= 0.3 is 0 Å². The molecule has 1 amide bonds. The summed E-state index contributed by atoms with van der Waals surface area (Å²) < 4.78 is 0. The molecular weight excluding hydrogens is 240 g/mol. The molecule has 0 aliphatic carbocycles. The Morgan fingerprint density at radius 2 is 1.95 bits per heavy atom. The van der Waals surface area contributed by atoms with Crippen molar-refractivity contribution in [2.45, 2.75) is 37.8 Å². The Balaban J connectivity index is 1.89. The summed E-state index contributed by atoms with van der Waals surface area (Å²) in [6, 6.07) is 9.31. The molecule has 0 saturated carbocycles. The van der Waals surface area contributed by atoms with Crippen LogP contribution < -0.4 is 5.73 Å². The van der Waals surface area contributed by atoms with Gasteiger partial charge in [-0.25, -0.2) is 0 Å². The molecule has 1 aromatic rings. The van der Waals surface area contributed by atoms with E-state index in [1.165, 1.54) is 0 Å². The number of amides is 1. The van der Waals surface area contributed by atoms with Gasteiger partial charge in [-0.05, 0) is 31.7 Å². The Kier molecular flexibility index (Phi) is 4.22. The molecule has 19 heavy (non-hydrogen) atoms. The van der Waals surface area contributed by atoms with Crippen LogP contribution in [-0.2, 0) is 11.2 Å². The number of aliphatic hydroxyl groups is 1. The fraction of sp³-hybridized carbons (Fsp3) is 0.533. The van der Waals surface area contributed by atoms with Gasteiger partial charge < -0.3 is 15.7 Å². The third-order valence-corrected chi connectivity index (χ3v) is 3.77. The molecular formula is C15H22N2O2. The van der Waals surface area contributed by atoms with Crippen molar-refractivity contribution in [1.82, 2.24) is 4.90 Å². The van der Waals surface area contributed by atoms with E-state index in [1.807, 2.05) is 37.3 Å². The average molecular weight is 262 g/mol. The molecule has 1 aliphatic rings. The number of hydrogen-bond donors (Lipinski definition) is 2. The maximum Gasteiger partial charge on any atom is 0.239 e. The van der Waals surface area contributed by atoms with Gasteiger partial charge in [-0.2, -0.15) is 0 Å². The number of rotatable bonds is 3. The lowest BCUT2D eigenvalue weighted by molar-refractivity contribution is -0.136. The SMILES string of the molecule is CC1(O)CCN(C(=O)[C@H](N)Cc2ccccc2)CC1. The van der Waals surface area contributed by atoms with Crippen LogP contribution in [0.25, 0.3) is 0 Å². The van der Waals surface area contributed by atoms with Crippen LogP contribution in [0.2, 0.25) is 0 Å². The predicted octanol–water partition coefficient (Wildman–Crippen LogP) is 0.930. The first-order chi connectivity index (χ1) is 8.98. The molecule has 3 N–H and O–H groups in total. The fourth-order valence-electron chi connectivity index (χ4n) is 2.40. The molecule has 1 heterocycles. The minimum absolute atomic E-state index is 0.0145. The molecule has 1 aliphatic heterocycles. The van der Waals surface area contributed by atoms with Crippen molar-refractivity contribution in [3.63, 3.8) is 0 Å². The highest BCUT2D eigenvalue weighted by Crippen LogP contribution is 2.21. The minimum Gasteiger partial charge on any atom is -0.390 e. The number of hydrogen-bond acceptors (Lipinski definition) is 3. The third-order valence-electron chi connectivity index (χ3n) is 3.77. The highest BCUT2D eigenvalue weighted by atomic mass is 16.3. The number of piperidine rings is 1. The zero-order valence-corrected chi connectivity index (χ0v) is 11.4. The van der Waals surface area contributed by atoms with Crippen LogP contribution in [0.1, 0.15) is 25.3 Å². The number of nitrogens with zero attached hydrogens (tertiary/aromatic N) is 1. The zero-order chi connectivity index (χ0) is 13.9. The summed E-state index contributed by atoms with van der Waals surface area (Å²) in [4.78, 5) is 14.0. The van der Waals surface area contributed by atoms with Crippen LogP contribution >= 0.6 is 0 Å². The van der Waals surface area contributed by atoms with E-state index in [-0.39, 0.29) is 5.91 Å². The van der Waals surface area contributed by atoms with Crippen molar-refractivity contribution in [2.75, 3.05) is 13.1 Å². The van der Waals surface area contributed by atoms with Crippen molar-refractivity contribution in [1.29, 1.82) is 0 Å². The van der Waals surface area contributed by atoms with Gasteiger partial charge in [0.1, 0.15) is 0 Å². The maximum absolute atomic E-state index is 12.2. The van der Waals surface area contributed by atoms with Crippen molar-refractivity contribution in [3.8, 4) is 0 Å². The van der Waals surface area contributed by atoms with E-state index in [2.05, 4.69) is 0 Å². The van der Waals surface area contributed by atoms with Crippen LogP contribution in [0.5, 0.6) is 0 Å². The highest BCUT2D eigenvalue weighted by molar-refractivity contribution is 5.82. The van der Waals surface area contributed by atoms with Crippen molar-refractivity contribution in [3.05, 3.63) is 35.9 Å². The first-order valence-electron chi connectivity index (χ1n) is 6.79. The molecule has 4 heteroatoms. The lowest BCUT2D eigenvalue weighted by Gasteiger charge is -2.36. The van der Waals surface area contributed by atoms with E-state index in [0.717, 1.165) is 5.56 Å². The van der Waals surface area contributed by atoms with Gasteiger partial charge in [0.2, 0.25) is 5.91 Å². The number of benzene rings is 1. The summed E-state index contributed by atoms with van der Waals surface area (Å²) in [5, 5.41) is 9.88. The Morgan fingerprint density at radius 1 is 1.37 bits per heavy atom. The normalized spacial score (nSPS) is 20.1. The topological polar surface area (TPSA) is 66.6 Å². The summed E-state index contributed by atoms with van der Waals surface area (Å²) in [7, 11) is 0. The summed E-state index contributed by atoms with van der Waals surface area (Å²) in [5.74, 6) is -0.0145. The monoisotopic (exact) mass is 262 g/mol. The molecule has 0 spiro atoms. The fourth-order valence-corrected chi connectivity index (χ4v) is 2.40. The first-order valence-corrected chi connectivity index (χ1v) is 6.79. The molecule has 1 fully saturated rings. The lowest BCUT2D eigenvalue weighted by atomic mass is 9.93. The smallest absolute Gasteiger partial charge is 0.239 e. The van der Waals surface area contributed by atoms with Crippen LogP contribution in [0.15, 0.2) is 30.3 Å². The number of nitrogens with two attached hydrogens (primary N) is 1. The Morgan fingerprint density at radius 3 is 2.53 bits per heavy atom. The van der Waals surface area contributed by atoms with Crippen molar-refractivity contribution >= 4 is 5.91 Å². The van der Waals surface area contributed by atoms with Crippen LogP contribution in [0, 0.1) is 0 Å². The second-order valence-corrected chi connectivity index (χ2v) is 5.62. The third kappa shape index (κ3) is 3.78.